The van der Waals surface area contributed by atoms with Gasteiger partial charge in [0, 0.05) is 0 Å². The lowest BCUT2D eigenvalue weighted by atomic mass is 9.79. The molecule has 206 valence electrons. The zero-order chi connectivity index (χ0) is 29.0. The Labute approximate surface area is 257 Å². The Morgan fingerprint density at radius 1 is 0.386 bits per heavy atom. The third-order valence-corrected chi connectivity index (χ3v) is 9.48. The van der Waals surface area contributed by atoms with Gasteiger partial charge in [-0.05, 0) is 119 Å². The van der Waals surface area contributed by atoms with Gasteiger partial charge in [0.2, 0.25) is 0 Å². The Kier molecular flexibility index (Phi) is 5.74. The molecule has 0 atom stereocenters. The Bertz CT molecular complexity index is 2420. The van der Waals surface area contributed by atoms with Gasteiger partial charge in [0.05, 0.1) is 0 Å². The minimum absolute atomic E-state index is 1.04. The molecule has 0 N–H and O–H groups in total. The van der Waals surface area contributed by atoms with Crippen LogP contribution in [0.5, 0.6) is 0 Å². The summed E-state index contributed by atoms with van der Waals surface area (Å²) < 4.78 is 0. The average Bonchev–Trinajstić information content (AvgIpc) is 3.10. The highest BCUT2D eigenvalue weighted by Crippen LogP contribution is 2.47. The molecule has 0 saturated heterocycles. The lowest BCUT2D eigenvalue weighted by Crippen LogP contribution is -2.03. The summed E-state index contributed by atoms with van der Waals surface area (Å²) >= 11 is 0. The van der Waals surface area contributed by atoms with Crippen LogP contribution in [0.25, 0.3) is 82.5 Å². The van der Waals surface area contributed by atoms with Gasteiger partial charge in [0.25, 0.3) is 0 Å². The third-order valence-electron chi connectivity index (χ3n) is 9.48. The molecule has 0 fully saturated rings. The maximum atomic E-state index is 2.42. The molecule has 0 aromatic heterocycles. The summed E-state index contributed by atoms with van der Waals surface area (Å²) in [5.41, 5.74) is 10.7. The van der Waals surface area contributed by atoms with Gasteiger partial charge in [0.1, 0.15) is 0 Å². The van der Waals surface area contributed by atoms with Crippen molar-refractivity contribution in [2.45, 2.75) is 12.8 Å². The van der Waals surface area contributed by atoms with Crippen molar-refractivity contribution in [3.63, 3.8) is 0 Å². The zero-order valence-corrected chi connectivity index (χ0v) is 24.4. The molecule has 9 rings (SSSR count). The van der Waals surface area contributed by atoms with Crippen LogP contribution in [0.15, 0.2) is 152 Å². The van der Waals surface area contributed by atoms with E-state index in [9.17, 15) is 0 Å². The van der Waals surface area contributed by atoms with Gasteiger partial charge in [-0.15, -0.1) is 0 Å². The summed E-state index contributed by atoms with van der Waals surface area (Å²) in [6, 6.07) is 53.7. The van der Waals surface area contributed by atoms with E-state index in [1.54, 1.807) is 0 Å². The normalized spacial score (nSPS) is 12.7. The van der Waals surface area contributed by atoms with Crippen LogP contribution in [-0.2, 0) is 6.42 Å². The summed E-state index contributed by atoms with van der Waals surface area (Å²) in [6.07, 6.45) is 6.85. The van der Waals surface area contributed by atoms with Crippen LogP contribution in [0.3, 0.4) is 0 Å². The van der Waals surface area contributed by atoms with Crippen molar-refractivity contribution in [1.29, 1.82) is 0 Å². The molecule has 0 saturated carbocycles. The van der Waals surface area contributed by atoms with Gasteiger partial charge in [-0.2, -0.15) is 0 Å². The first-order valence-corrected chi connectivity index (χ1v) is 15.6. The van der Waals surface area contributed by atoms with Crippen LogP contribution in [0.2, 0.25) is 0 Å². The van der Waals surface area contributed by atoms with Crippen molar-refractivity contribution >= 4 is 49.2 Å². The maximum absolute atomic E-state index is 2.42. The van der Waals surface area contributed by atoms with E-state index in [4.69, 9.17) is 0 Å². The van der Waals surface area contributed by atoms with E-state index in [1.807, 2.05) is 0 Å². The number of hydrogen-bond acceptors (Lipinski definition) is 0. The monoisotopic (exact) mass is 558 g/mol. The van der Waals surface area contributed by atoms with Gasteiger partial charge in [-0.25, -0.2) is 0 Å². The van der Waals surface area contributed by atoms with Gasteiger partial charge in [-0.3, -0.25) is 0 Å². The molecule has 0 radical (unpaired) electrons. The second kappa shape index (κ2) is 10.1. The highest BCUT2D eigenvalue weighted by atomic mass is 14.3. The second-order valence-corrected chi connectivity index (χ2v) is 12.0. The lowest BCUT2D eigenvalue weighted by Gasteiger charge is -2.25. The highest BCUT2D eigenvalue weighted by Gasteiger charge is 2.23. The van der Waals surface area contributed by atoms with Gasteiger partial charge in [-0.1, -0.05) is 140 Å². The quantitative estimate of drug-likeness (QED) is 0.189. The van der Waals surface area contributed by atoms with Crippen LogP contribution in [0.4, 0.5) is 0 Å². The Morgan fingerprint density at radius 3 is 1.80 bits per heavy atom. The first-order valence-electron chi connectivity index (χ1n) is 15.6. The largest absolute Gasteiger partial charge is 0.0836 e. The number of rotatable bonds is 3. The van der Waals surface area contributed by atoms with E-state index in [0.717, 1.165) is 12.8 Å². The Hall–Kier alpha value is -5.46. The fourth-order valence-corrected chi connectivity index (χ4v) is 7.48. The molecule has 0 unspecified atom stereocenters. The third kappa shape index (κ3) is 3.92. The van der Waals surface area contributed by atoms with Crippen LogP contribution >= 0.6 is 0 Å². The van der Waals surface area contributed by atoms with Crippen LogP contribution in [0, 0.1) is 0 Å². The molecule has 0 amide bonds. The first kappa shape index (κ1) is 25.1. The SMILES string of the molecule is C1=Cc2c(c(-c3ccc4cc(-c5ccccc5)ccc4c3)c3ccccc3c2-c2cc3ccccc3c3ccccc23)CC1. The second-order valence-electron chi connectivity index (χ2n) is 12.0. The predicted octanol–water partition coefficient (Wildman–Crippen LogP) is 12.3. The minimum Gasteiger partial charge on any atom is -0.0836 e. The van der Waals surface area contributed by atoms with E-state index < -0.39 is 0 Å². The van der Waals surface area contributed by atoms with Crippen molar-refractivity contribution in [2.24, 2.45) is 0 Å². The standard InChI is InChI=1S/C44H30/c1-2-12-29(13-3-1)30-22-23-32-27-34(25-24-31(32)26-30)43-38-18-8-10-20-40(38)44(41-21-11-9-19-39(41)43)42-28-33-14-4-5-15-35(33)36-16-6-7-17-37(36)42/h1-8,10-18,20-28H,9,19H2. The van der Waals surface area contributed by atoms with Crippen molar-refractivity contribution in [3.8, 4) is 33.4 Å². The Balaban J connectivity index is 1.32. The summed E-state index contributed by atoms with van der Waals surface area (Å²) in [5.74, 6) is 0. The van der Waals surface area contributed by atoms with Crippen LogP contribution in [0.1, 0.15) is 17.5 Å². The first-order chi connectivity index (χ1) is 21.8. The van der Waals surface area contributed by atoms with E-state index in [-0.39, 0.29) is 0 Å². The smallest absolute Gasteiger partial charge is 0.00233 e. The molecular formula is C44H30. The van der Waals surface area contributed by atoms with Crippen molar-refractivity contribution < 1.29 is 0 Å². The highest BCUT2D eigenvalue weighted by molar-refractivity contribution is 6.19. The van der Waals surface area contributed by atoms with Crippen molar-refractivity contribution in [1.82, 2.24) is 0 Å². The number of hydrogen-bond donors (Lipinski definition) is 0. The molecule has 0 spiro atoms. The zero-order valence-electron chi connectivity index (χ0n) is 24.4. The topological polar surface area (TPSA) is 0 Å². The minimum atomic E-state index is 1.04. The van der Waals surface area contributed by atoms with Crippen LogP contribution in [-0.4, -0.2) is 0 Å². The summed E-state index contributed by atoms with van der Waals surface area (Å²) in [5, 5.41) is 10.4. The van der Waals surface area contributed by atoms with E-state index in [2.05, 4.69) is 158 Å². The number of benzene rings is 8. The summed E-state index contributed by atoms with van der Waals surface area (Å²) in [6.45, 7) is 0. The van der Waals surface area contributed by atoms with Gasteiger partial charge in [0.15, 0.2) is 0 Å². The molecule has 1 aliphatic rings. The molecule has 8 aromatic carbocycles. The van der Waals surface area contributed by atoms with Crippen molar-refractivity contribution in [3.05, 3.63) is 163 Å². The van der Waals surface area contributed by atoms with Gasteiger partial charge >= 0.3 is 0 Å². The van der Waals surface area contributed by atoms with E-state index >= 15 is 0 Å². The van der Waals surface area contributed by atoms with Gasteiger partial charge < -0.3 is 0 Å². The molecule has 1 aliphatic carbocycles. The molecule has 44 heavy (non-hydrogen) atoms. The molecule has 0 heterocycles. The van der Waals surface area contributed by atoms with E-state index in [1.165, 1.54) is 87.6 Å². The van der Waals surface area contributed by atoms with Crippen molar-refractivity contribution in [2.75, 3.05) is 0 Å². The molecule has 0 nitrogen and oxygen atoms in total. The summed E-state index contributed by atoms with van der Waals surface area (Å²) in [4.78, 5) is 0. The Morgan fingerprint density at radius 2 is 1.00 bits per heavy atom. The number of fused-ring (bicyclic) bond motifs is 6. The molecule has 0 aliphatic heterocycles. The average molecular weight is 559 g/mol. The number of allylic oxidation sites excluding steroid dienone is 1. The lowest BCUT2D eigenvalue weighted by molar-refractivity contribution is 0.991. The predicted molar refractivity (Wildman–Crippen MR) is 190 cm³/mol. The maximum Gasteiger partial charge on any atom is -0.00233 e. The van der Waals surface area contributed by atoms with E-state index in [0.29, 0.717) is 0 Å². The molecule has 8 aromatic rings. The summed E-state index contributed by atoms with van der Waals surface area (Å²) in [7, 11) is 0. The fourth-order valence-electron chi connectivity index (χ4n) is 7.48. The van der Waals surface area contributed by atoms with Crippen LogP contribution < -0.4 is 0 Å². The fraction of sp³-hybridized carbons (Fsp3) is 0.0455. The molecular weight excluding hydrogens is 528 g/mol. The molecule has 0 bridgehead atoms. The molecule has 0 heteroatoms.